The van der Waals surface area contributed by atoms with Crippen molar-refractivity contribution < 1.29 is 22.5 Å². The fraction of sp³-hybridized carbons (Fsp3) is 0.231. The largest absolute Gasteiger partial charge is 0.416 e. The van der Waals surface area contributed by atoms with E-state index in [0.29, 0.717) is 11.3 Å². The number of carbonyl (C=O) groups is 1. The van der Waals surface area contributed by atoms with Crippen molar-refractivity contribution in [2.45, 2.75) is 20.0 Å². The van der Waals surface area contributed by atoms with Crippen molar-refractivity contribution in [3.05, 3.63) is 46.8 Å². The van der Waals surface area contributed by atoms with Crippen LogP contribution >= 0.6 is 0 Å². The van der Waals surface area contributed by atoms with Gasteiger partial charge >= 0.3 is 6.18 Å². The van der Waals surface area contributed by atoms with Gasteiger partial charge in [0.2, 0.25) is 0 Å². The molecule has 0 radical (unpaired) electrons. The first kappa shape index (κ1) is 14.1. The maximum Gasteiger partial charge on any atom is 0.416 e. The lowest BCUT2D eigenvalue weighted by Crippen LogP contribution is -2.14. The Bertz CT molecular complexity index is 630. The summed E-state index contributed by atoms with van der Waals surface area (Å²) < 4.78 is 42.0. The molecule has 0 aliphatic carbocycles. The van der Waals surface area contributed by atoms with Gasteiger partial charge in [-0.25, -0.2) is 0 Å². The first-order valence-corrected chi connectivity index (χ1v) is 5.70. The fourth-order valence-electron chi connectivity index (χ4n) is 1.56. The summed E-state index contributed by atoms with van der Waals surface area (Å²) in [6, 6.07) is 4.17. The molecule has 1 amide bonds. The van der Waals surface area contributed by atoms with E-state index >= 15 is 0 Å². The Morgan fingerprint density at radius 1 is 1.20 bits per heavy atom. The number of alkyl halides is 3. The van der Waals surface area contributed by atoms with Crippen molar-refractivity contribution in [2.75, 3.05) is 5.32 Å². The van der Waals surface area contributed by atoms with Gasteiger partial charge in [0.05, 0.1) is 5.56 Å². The molecule has 1 aromatic carbocycles. The molecule has 0 saturated carbocycles. The number of nitrogens with zero attached hydrogens (tertiary/aromatic N) is 1. The number of amides is 1. The highest BCUT2D eigenvalue weighted by atomic mass is 19.4. The Labute approximate surface area is 112 Å². The van der Waals surface area contributed by atoms with Crippen LogP contribution < -0.4 is 5.32 Å². The SMILES string of the molecule is Cc1onc(C(=O)Nc2ccc(C(F)(F)F)cc2)c1C. The minimum atomic E-state index is -4.40. The van der Waals surface area contributed by atoms with Gasteiger partial charge < -0.3 is 9.84 Å². The summed E-state index contributed by atoms with van der Waals surface area (Å²) in [6.45, 7) is 3.34. The zero-order valence-corrected chi connectivity index (χ0v) is 10.7. The Hall–Kier alpha value is -2.31. The number of carbonyl (C=O) groups excluding carboxylic acids is 1. The molecule has 106 valence electrons. The molecule has 2 aromatic rings. The van der Waals surface area contributed by atoms with Gasteiger partial charge in [-0.2, -0.15) is 13.2 Å². The zero-order valence-electron chi connectivity index (χ0n) is 10.7. The maximum absolute atomic E-state index is 12.4. The van der Waals surface area contributed by atoms with Crippen molar-refractivity contribution in [2.24, 2.45) is 0 Å². The van der Waals surface area contributed by atoms with Crippen molar-refractivity contribution in [3.8, 4) is 0 Å². The Kier molecular flexibility index (Phi) is 3.52. The van der Waals surface area contributed by atoms with Crippen LogP contribution in [0.2, 0.25) is 0 Å². The number of rotatable bonds is 2. The summed E-state index contributed by atoms with van der Waals surface area (Å²) >= 11 is 0. The van der Waals surface area contributed by atoms with Crippen LogP contribution in [-0.4, -0.2) is 11.1 Å². The zero-order chi connectivity index (χ0) is 14.9. The molecule has 0 fully saturated rings. The quantitative estimate of drug-likeness (QED) is 0.917. The van der Waals surface area contributed by atoms with Gasteiger partial charge in [-0.15, -0.1) is 0 Å². The van der Waals surface area contributed by atoms with Crippen LogP contribution in [0.15, 0.2) is 28.8 Å². The number of benzene rings is 1. The molecule has 7 heteroatoms. The van der Waals surface area contributed by atoms with Gasteiger partial charge in [0.1, 0.15) is 5.76 Å². The highest BCUT2D eigenvalue weighted by Crippen LogP contribution is 2.29. The number of aromatic nitrogens is 1. The van der Waals surface area contributed by atoms with E-state index in [2.05, 4.69) is 10.5 Å². The number of anilines is 1. The molecular weight excluding hydrogens is 273 g/mol. The van der Waals surface area contributed by atoms with Gasteiger partial charge in [0.15, 0.2) is 5.69 Å². The summed E-state index contributed by atoms with van der Waals surface area (Å²) in [5.41, 5.74) is 0.184. The molecule has 20 heavy (non-hydrogen) atoms. The molecule has 1 N–H and O–H groups in total. The highest BCUT2D eigenvalue weighted by Gasteiger charge is 2.30. The Morgan fingerprint density at radius 2 is 1.80 bits per heavy atom. The van der Waals surface area contributed by atoms with E-state index in [0.717, 1.165) is 12.1 Å². The van der Waals surface area contributed by atoms with Gasteiger partial charge in [-0.3, -0.25) is 4.79 Å². The predicted octanol–water partition coefficient (Wildman–Crippen LogP) is 3.56. The smallest absolute Gasteiger partial charge is 0.361 e. The van der Waals surface area contributed by atoms with Crippen LogP contribution in [0.4, 0.5) is 18.9 Å². The van der Waals surface area contributed by atoms with E-state index in [1.54, 1.807) is 13.8 Å². The second-order valence-electron chi connectivity index (χ2n) is 4.24. The van der Waals surface area contributed by atoms with Crippen LogP contribution in [0, 0.1) is 13.8 Å². The lowest BCUT2D eigenvalue weighted by atomic mass is 10.2. The summed E-state index contributed by atoms with van der Waals surface area (Å²) in [5.74, 6) is -0.0123. The minimum absolute atomic E-state index is 0.113. The number of nitrogens with one attached hydrogen (secondary N) is 1. The lowest BCUT2D eigenvalue weighted by molar-refractivity contribution is -0.137. The van der Waals surface area contributed by atoms with Gasteiger partial charge in [-0.1, -0.05) is 5.16 Å². The average molecular weight is 284 g/mol. The van der Waals surface area contributed by atoms with E-state index in [4.69, 9.17) is 4.52 Å². The molecule has 0 spiro atoms. The summed E-state index contributed by atoms with van der Waals surface area (Å²) in [7, 11) is 0. The van der Waals surface area contributed by atoms with Gasteiger partial charge in [-0.05, 0) is 38.1 Å². The average Bonchev–Trinajstić information content (AvgIpc) is 2.69. The molecule has 0 atom stereocenters. The summed E-state index contributed by atoms with van der Waals surface area (Å²) in [5, 5.41) is 6.06. The monoisotopic (exact) mass is 284 g/mol. The van der Waals surface area contributed by atoms with E-state index in [-0.39, 0.29) is 11.4 Å². The van der Waals surface area contributed by atoms with Crippen molar-refractivity contribution in [1.29, 1.82) is 0 Å². The van der Waals surface area contributed by atoms with Crippen LogP contribution in [0.3, 0.4) is 0 Å². The van der Waals surface area contributed by atoms with E-state index < -0.39 is 17.6 Å². The molecule has 0 bridgehead atoms. The van der Waals surface area contributed by atoms with Gasteiger partial charge in [0.25, 0.3) is 5.91 Å². The molecule has 4 nitrogen and oxygen atoms in total. The normalized spacial score (nSPS) is 11.4. The van der Waals surface area contributed by atoms with Crippen molar-refractivity contribution in [1.82, 2.24) is 5.16 Å². The van der Waals surface area contributed by atoms with Crippen LogP contribution in [0.5, 0.6) is 0 Å². The molecule has 1 aromatic heterocycles. The van der Waals surface area contributed by atoms with Crippen LogP contribution in [0.1, 0.15) is 27.4 Å². The third kappa shape index (κ3) is 2.81. The molecule has 0 aliphatic heterocycles. The van der Waals surface area contributed by atoms with Crippen LogP contribution in [0.25, 0.3) is 0 Å². The number of aryl methyl sites for hydroxylation is 1. The number of halogens is 3. The molecular formula is C13H11F3N2O2. The van der Waals surface area contributed by atoms with Crippen molar-refractivity contribution >= 4 is 11.6 Å². The third-order valence-electron chi connectivity index (χ3n) is 2.84. The minimum Gasteiger partial charge on any atom is -0.361 e. The van der Waals surface area contributed by atoms with E-state index in [1.165, 1.54) is 12.1 Å². The first-order chi connectivity index (χ1) is 9.29. The van der Waals surface area contributed by atoms with E-state index in [9.17, 15) is 18.0 Å². The number of hydrogen-bond donors (Lipinski definition) is 1. The maximum atomic E-state index is 12.4. The predicted molar refractivity (Wildman–Crippen MR) is 65.4 cm³/mol. The first-order valence-electron chi connectivity index (χ1n) is 5.70. The molecule has 0 unspecified atom stereocenters. The molecule has 1 heterocycles. The second kappa shape index (κ2) is 4.99. The topological polar surface area (TPSA) is 55.1 Å². The molecule has 0 saturated heterocycles. The second-order valence-corrected chi connectivity index (χ2v) is 4.24. The Balaban J connectivity index is 2.15. The standard InChI is InChI=1S/C13H11F3N2O2/c1-7-8(2)20-18-11(7)12(19)17-10-5-3-9(4-6-10)13(14,15)16/h3-6H,1-2H3,(H,17,19). The van der Waals surface area contributed by atoms with E-state index in [1.807, 2.05) is 0 Å². The third-order valence-corrected chi connectivity index (χ3v) is 2.84. The highest BCUT2D eigenvalue weighted by molar-refractivity contribution is 6.03. The Morgan fingerprint density at radius 3 is 2.25 bits per heavy atom. The summed E-state index contributed by atoms with van der Waals surface area (Å²) in [4.78, 5) is 11.9. The fourth-order valence-corrected chi connectivity index (χ4v) is 1.56. The number of hydrogen-bond acceptors (Lipinski definition) is 3. The van der Waals surface area contributed by atoms with Gasteiger partial charge in [0, 0.05) is 11.3 Å². The summed E-state index contributed by atoms with van der Waals surface area (Å²) in [6.07, 6.45) is -4.40. The lowest BCUT2D eigenvalue weighted by Gasteiger charge is -2.08. The van der Waals surface area contributed by atoms with Crippen molar-refractivity contribution in [3.63, 3.8) is 0 Å². The molecule has 0 aliphatic rings. The molecule has 2 rings (SSSR count). The van der Waals surface area contributed by atoms with Crippen LogP contribution in [-0.2, 0) is 6.18 Å².